The van der Waals surface area contributed by atoms with Crippen molar-refractivity contribution < 1.29 is 14.3 Å². The normalized spacial score (nSPS) is 14.3. The quantitative estimate of drug-likeness (QED) is 0.750. The Kier molecular flexibility index (Phi) is 4.26. The molecule has 1 amide bonds. The Morgan fingerprint density at radius 2 is 2.14 bits per heavy atom. The maximum absolute atomic E-state index is 12.9. The zero-order valence-corrected chi connectivity index (χ0v) is 16.2. The molecule has 0 bridgehead atoms. The van der Waals surface area contributed by atoms with Crippen LogP contribution in [0.5, 0.6) is 11.8 Å². The van der Waals surface area contributed by atoms with Gasteiger partial charge in [0.1, 0.15) is 17.0 Å². The van der Waals surface area contributed by atoms with E-state index >= 15 is 0 Å². The molecule has 4 rings (SSSR count). The van der Waals surface area contributed by atoms with Crippen LogP contribution in [0.2, 0.25) is 0 Å². The zero-order valence-electron chi connectivity index (χ0n) is 16.2. The molecule has 8 nitrogen and oxygen atoms in total. The number of nitrogens with zero attached hydrogens (tertiary/aromatic N) is 4. The molecule has 4 heterocycles. The van der Waals surface area contributed by atoms with Crippen molar-refractivity contribution in [3.8, 4) is 23.0 Å². The predicted molar refractivity (Wildman–Crippen MR) is 104 cm³/mol. The van der Waals surface area contributed by atoms with E-state index in [4.69, 9.17) is 9.47 Å². The number of aryl methyl sites for hydroxylation is 1. The van der Waals surface area contributed by atoms with Crippen molar-refractivity contribution in [2.75, 3.05) is 12.4 Å². The number of hydrogen-bond donors (Lipinski definition) is 1. The molecule has 0 saturated carbocycles. The average molecular weight is 379 g/mol. The first-order valence-corrected chi connectivity index (χ1v) is 8.89. The van der Waals surface area contributed by atoms with E-state index in [9.17, 15) is 4.79 Å². The lowest BCUT2D eigenvalue weighted by Crippen LogP contribution is -2.24. The lowest BCUT2D eigenvalue weighted by atomic mass is 10.0. The topological polar surface area (TPSA) is 91.2 Å². The van der Waals surface area contributed by atoms with Gasteiger partial charge in [0.25, 0.3) is 5.91 Å². The van der Waals surface area contributed by atoms with Crippen LogP contribution < -0.4 is 14.8 Å². The van der Waals surface area contributed by atoms with Crippen molar-refractivity contribution in [2.24, 2.45) is 7.05 Å². The smallest absolute Gasteiger partial charge is 0.262 e. The SMILES string of the molecule is COc1nc2c(cc1C(=O)Nc1cccc(-c3cnn(C)c3)n1)CC(C)(C)O2. The highest BCUT2D eigenvalue weighted by Gasteiger charge is 2.33. The summed E-state index contributed by atoms with van der Waals surface area (Å²) >= 11 is 0. The second-order valence-corrected chi connectivity index (χ2v) is 7.31. The maximum Gasteiger partial charge on any atom is 0.262 e. The molecule has 0 radical (unpaired) electrons. The maximum atomic E-state index is 12.9. The first kappa shape index (κ1) is 18.0. The van der Waals surface area contributed by atoms with Crippen molar-refractivity contribution in [3.05, 3.63) is 47.8 Å². The van der Waals surface area contributed by atoms with E-state index in [1.54, 1.807) is 23.0 Å². The number of rotatable bonds is 4. The molecular formula is C20H21N5O3. The first-order chi connectivity index (χ1) is 13.3. The summed E-state index contributed by atoms with van der Waals surface area (Å²) in [6, 6.07) is 7.20. The minimum atomic E-state index is -0.352. The number of amides is 1. The fourth-order valence-corrected chi connectivity index (χ4v) is 3.21. The number of pyridine rings is 2. The molecule has 3 aromatic heterocycles. The van der Waals surface area contributed by atoms with Crippen LogP contribution in [0, 0.1) is 0 Å². The molecule has 3 aromatic rings. The van der Waals surface area contributed by atoms with E-state index in [0.29, 0.717) is 23.7 Å². The lowest BCUT2D eigenvalue weighted by molar-refractivity contribution is 0.102. The summed E-state index contributed by atoms with van der Waals surface area (Å²) in [7, 11) is 3.32. The van der Waals surface area contributed by atoms with Gasteiger partial charge in [-0.3, -0.25) is 9.48 Å². The van der Waals surface area contributed by atoms with Crippen molar-refractivity contribution in [2.45, 2.75) is 25.9 Å². The average Bonchev–Trinajstić information content (AvgIpc) is 3.21. The highest BCUT2D eigenvalue weighted by atomic mass is 16.5. The molecule has 0 unspecified atom stereocenters. The number of hydrogen-bond acceptors (Lipinski definition) is 6. The molecule has 0 spiro atoms. The van der Waals surface area contributed by atoms with E-state index in [1.807, 2.05) is 39.2 Å². The number of ether oxygens (including phenoxy) is 2. The van der Waals surface area contributed by atoms with Crippen molar-refractivity contribution >= 4 is 11.7 Å². The third-order valence-electron chi connectivity index (χ3n) is 4.45. The monoisotopic (exact) mass is 379 g/mol. The largest absolute Gasteiger partial charge is 0.480 e. The Balaban J connectivity index is 1.61. The van der Waals surface area contributed by atoms with Gasteiger partial charge in [0, 0.05) is 30.8 Å². The third kappa shape index (κ3) is 3.40. The fourth-order valence-electron chi connectivity index (χ4n) is 3.21. The van der Waals surface area contributed by atoms with E-state index in [0.717, 1.165) is 16.8 Å². The summed E-state index contributed by atoms with van der Waals surface area (Å²) in [5, 5.41) is 6.98. The van der Waals surface area contributed by atoms with Gasteiger partial charge in [0.05, 0.1) is 19.0 Å². The molecular weight excluding hydrogens is 358 g/mol. The van der Waals surface area contributed by atoms with Crippen LogP contribution in [0.4, 0.5) is 5.82 Å². The molecule has 1 aliphatic rings. The van der Waals surface area contributed by atoms with Gasteiger partial charge in [-0.05, 0) is 32.0 Å². The number of carbonyl (C=O) groups excluding carboxylic acids is 1. The summed E-state index contributed by atoms with van der Waals surface area (Å²) in [5.74, 6) is 0.825. The fraction of sp³-hybridized carbons (Fsp3) is 0.300. The molecule has 28 heavy (non-hydrogen) atoms. The third-order valence-corrected chi connectivity index (χ3v) is 4.45. The number of anilines is 1. The summed E-state index contributed by atoms with van der Waals surface area (Å²) in [4.78, 5) is 21.7. The number of fused-ring (bicyclic) bond motifs is 1. The molecule has 144 valence electrons. The minimum Gasteiger partial charge on any atom is -0.480 e. The molecule has 8 heteroatoms. The number of aromatic nitrogens is 4. The number of methoxy groups -OCH3 is 1. The van der Waals surface area contributed by atoms with Crippen LogP contribution in [0.15, 0.2) is 36.7 Å². The van der Waals surface area contributed by atoms with Crippen LogP contribution in [-0.4, -0.2) is 38.4 Å². The van der Waals surface area contributed by atoms with Gasteiger partial charge in [0.15, 0.2) is 0 Å². The van der Waals surface area contributed by atoms with Crippen molar-refractivity contribution in [1.29, 1.82) is 0 Å². The van der Waals surface area contributed by atoms with Gasteiger partial charge in [0.2, 0.25) is 11.8 Å². The molecule has 0 aromatic carbocycles. The van der Waals surface area contributed by atoms with Gasteiger partial charge in [-0.1, -0.05) is 6.07 Å². The molecule has 0 aliphatic carbocycles. The summed E-state index contributed by atoms with van der Waals surface area (Å²) in [6.45, 7) is 3.96. The minimum absolute atomic E-state index is 0.220. The molecule has 1 N–H and O–H groups in total. The predicted octanol–water partition coefficient (Wildman–Crippen LogP) is 2.85. The van der Waals surface area contributed by atoms with E-state index in [2.05, 4.69) is 20.4 Å². The van der Waals surface area contributed by atoms with Crippen LogP contribution in [0.3, 0.4) is 0 Å². The number of nitrogens with one attached hydrogen (secondary N) is 1. The molecule has 0 atom stereocenters. The van der Waals surface area contributed by atoms with Crippen LogP contribution >= 0.6 is 0 Å². The van der Waals surface area contributed by atoms with Crippen LogP contribution in [0.25, 0.3) is 11.3 Å². The van der Waals surface area contributed by atoms with Gasteiger partial charge in [-0.15, -0.1) is 0 Å². The number of carbonyl (C=O) groups is 1. The van der Waals surface area contributed by atoms with Gasteiger partial charge >= 0.3 is 0 Å². The summed E-state index contributed by atoms with van der Waals surface area (Å²) in [5.41, 5.74) is 2.47. The Labute approximate surface area is 162 Å². The lowest BCUT2D eigenvalue weighted by Gasteiger charge is -2.16. The van der Waals surface area contributed by atoms with E-state index in [-0.39, 0.29) is 17.4 Å². The zero-order chi connectivity index (χ0) is 19.9. The van der Waals surface area contributed by atoms with Crippen molar-refractivity contribution in [3.63, 3.8) is 0 Å². The van der Waals surface area contributed by atoms with Crippen LogP contribution in [0.1, 0.15) is 29.8 Å². The molecule has 0 saturated heterocycles. The van der Waals surface area contributed by atoms with Crippen LogP contribution in [-0.2, 0) is 13.5 Å². The summed E-state index contributed by atoms with van der Waals surface area (Å²) in [6.07, 6.45) is 4.26. The highest BCUT2D eigenvalue weighted by molar-refractivity contribution is 6.05. The second kappa shape index (κ2) is 6.63. The summed E-state index contributed by atoms with van der Waals surface area (Å²) < 4.78 is 12.8. The molecule has 1 aliphatic heterocycles. The highest BCUT2D eigenvalue weighted by Crippen LogP contribution is 2.36. The van der Waals surface area contributed by atoms with E-state index < -0.39 is 0 Å². The Morgan fingerprint density at radius 1 is 1.32 bits per heavy atom. The van der Waals surface area contributed by atoms with Gasteiger partial charge < -0.3 is 14.8 Å². The second-order valence-electron chi connectivity index (χ2n) is 7.31. The first-order valence-electron chi connectivity index (χ1n) is 8.89. The molecule has 0 fully saturated rings. The Bertz CT molecular complexity index is 1060. The van der Waals surface area contributed by atoms with Crippen molar-refractivity contribution in [1.82, 2.24) is 19.7 Å². The van der Waals surface area contributed by atoms with E-state index in [1.165, 1.54) is 7.11 Å². The Hall–Kier alpha value is -3.42. The standard InChI is InChI=1S/C20H21N5O3/c1-20(2)9-12-8-14(19(27-4)24-18(12)28-20)17(26)23-16-7-5-6-15(22-16)13-10-21-25(3)11-13/h5-8,10-11H,9H2,1-4H3,(H,22,23,26). The Morgan fingerprint density at radius 3 is 2.86 bits per heavy atom. The van der Waals surface area contributed by atoms with Gasteiger partial charge in [-0.25, -0.2) is 4.98 Å². The van der Waals surface area contributed by atoms with Gasteiger partial charge in [-0.2, -0.15) is 10.1 Å².